The fourth-order valence-electron chi connectivity index (χ4n) is 2.96. The average Bonchev–Trinajstić information content (AvgIpc) is 2.39. The van der Waals surface area contributed by atoms with Gasteiger partial charge in [-0.3, -0.25) is 9.59 Å². The average molecular weight is 307 g/mol. The number of piperazine rings is 1. The molecule has 21 heavy (non-hydrogen) atoms. The topological polar surface area (TPSA) is 40.6 Å². The van der Waals surface area contributed by atoms with E-state index in [-0.39, 0.29) is 17.7 Å². The largest absolute Gasteiger partial charge is 0.329 e. The first-order valence-electron chi connectivity index (χ1n) is 7.45. The molecule has 1 saturated carbocycles. The van der Waals surface area contributed by atoms with E-state index >= 15 is 0 Å². The van der Waals surface area contributed by atoms with Crippen molar-refractivity contribution in [2.24, 2.45) is 5.92 Å². The van der Waals surface area contributed by atoms with Gasteiger partial charge in [-0.15, -0.1) is 0 Å². The summed E-state index contributed by atoms with van der Waals surface area (Å²) in [7, 11) is 0. The zero-order valence-electron chi connectivity index (χ0n) is 12.1. The van der Waals surface area contributed by atoms with Gasteiger partial charge in [0.15, 0.2) is 0 Å². The molecule has 0 radical (unpaired) electrons. The second kappa shape index (κ2) is 5.68. The molecule has 0 aromatic heterocycles. The first-order valence-corrected chi connectivity index (χ1v) is 7.83. The van der Waals surface area contributed by atoms with Gasteiger partial charge in [0, 0.05) is 29.7 Å². The molecule has 0 bridgehead atoms. The molecule has 1 aromatic carbocycles. The number of carbonyl (C=O) groups excluding carboxylic acids is 2. The highest BCUT2D eigenvalue weighted by Crippen LogP contribution is 2.30. The van der Waals surface area contributed by atoms with E-state index in [2.05, 4.69) is 0 Å². The van der Waals surface area contributed by atoms with Gasteiger partial charge in [0.05, 0.1) is 0 Å². The Balaban J connectivity index is 1.75. The summed E-state index contributed by atoms with van der Waals surface area (Å²) < 4.78 is 0. The fraction of sp³-hybridized carbons (Fsp3) is 0.500. The van der Waals surface area contributed by atoms with Crippen molar-refractivity contribution in [2.75, 3.05) is 18.0 Å². The third-order valence-corrected chi connectivity index (χ3v) is 4.75. The van der Waals surface area contributed by atoms with Crippen LogP contribution in [0.4, 0.5) is 5.69 Å². The molecule has 0 N–H and O–H groups in total. The van der Waals surface area contributed by atoms with E-state index in [9.17, 15) is 9.59 Å². The Kier molecular flexibility index (Phi) is 3.89. The van der Waals surface area contributed by atoms with Crippen LogP contribution >= 0.6 is 11.6 Å². The number of carbonyl (C=O) groups is 2. The Bertz CT molecular complexity index is 571. The summed E-state index contributed by atoms with van der Waals surface area (Å²) in [6.45, 7) is 2.94. The van der Waals surface area contributed by atoms with Crippen molar-refractivity contribution in [2.45, 2.75) is 32.2 Å². The van der Waals surface area contributed by atoms with E-state index < -0.39 is 6.04 Å². The summed E-state index contributed by atoms with van der Waals surface area (Å²) in [6.07, 6.45) is 3.06. The number of rotatable bonds is 2. The Morgan fingerprint density at radius 1 is 1.29 bits per heavy atom. The molecule has 1 unspecified atom stereocenters. The molecule has 1 aliphatic carbocycles. The van der Waals surface area contributed by atoms with Gasteiger partial charge in [-0.05, 0) is 38.0 Å². The highest BCUT2D eigenvalue weighted by atomic mass is 35.5. The molecule has 0 spiro atoms. The molecule has 1 heterocycles. The van der Waals surface area contributed by atoms with Crippen LogP contribution in [0.3, 0.4) is 0 Å². The van der Waals surface area contributed by atoms with Gasteiger partial charge in [0.1, 0.15) is 6.04 Å². The maximum atomic E-state index is 12.6. The third-order valence-electron chi connectivity index (χ3n) is 4.51. The summed E-state index contributed by atoms with van der Waals surface area (Å²) >= 11 is 5.99. The van der Waals surface area contributed by atoms with E-state index in [1.807, 2.05) is 19.1 Å². The van der Waals surface area contributed by atoms with Crippen molar-refractivity contribution < 1.29 is 9.59 Å². The molecule has 1 aliphatic heterocycles. The minimum Gasteiger partial charge on any atom is -0.329 e. The van der Waals surface area contributed by atoms with Crippen molar-refractivity contribution >= 4 is 29.1 Å². The zero-order valence-corrected chi connectivity index (χ0v) is 12.8. The third kappa shape index (κ3) is 2.64. The lowest BCUT2D eigenvalue weighted by atomic mass is 9.84. The lowest BCUT2D eigenvalue weighted by Crippen LogP contribution is -2.59. The quantitative estimate of drug-likeness (QED) is 0.843. The highest BCUT2D eigenvalue weighted by molar-refractivity contribution is 6.30. The van der Waals surface area contributed by atoms with E-state index in [1.54, 1.807) is 21.9 Å². The molecular weight excluding hydrogens is 288 g/mol. The number of anilines is 1. The van der Waals surface area contributed by atoms with Crippen LogP contribution in [-0.2, 0) is 9.59 Å². The van der Waals surface area contributed by atoms with Crippen LogP contribution in [0.25, 0.3) is 0 Å². The monoisotopic (exact) mass is 306 g/mol. The first-order chi connectivity index (χ1) is 10.1. The number of hydrogen-bond acceptors (Lipinski definition) is 2. The molecule has 3 rings (SSSR count). The van der Waals surface area contributed by atoms with E-state index in [4.69, 9.17) is 11.6 Å². The highest BCUT2D eigenvalue weighted by Gasteiger charge is 2.38. The lowest BCUT2D eigenvalue weighted by Gasteiger charge is -2.41. The summed E-state index contributed by atoms with van der Waals surface area (Å²) in [5, 5.41) is 0.612. The van der Waals surface area contributed by atoms with Crippen LogP contribution in [0.5, 0.6) is 0 Å². The number of benzene rings is 1. The van der Waals surface area contributed by atoms with Crippen molar-refractivity contribution in [1.82, 2.24) is 4.90 Å². The van der Waals surface area contributed by atoms with Gasteiger partial charge >= 0.3 is 0 Å². The maximum Gasteiger partial charge on any atom is 0.249 e. The summed E-state index contributed by atoms with van der Waals surface area (Å²) in [5.41, 5.74) is 0.801. The maximum absolute atomic E-state index is 12.6. The SMILES string of the molecule is CC1C(=O)N(c2cccc(Cl)c2)CCN1C(=O)C1CCC1. The van der Waals surface area contributed by atoms with Crippen molar-refractivity contribution in [1.29, 1.82) is 0 Å². The Morgan fingerprint density at radius 2 is 2.05 bits per heavy atom. The van der Waals surface area contributed by atoms with Crippen LogP contribution in [0.1, 0.15) is 26.2 Å². The fourth-order valence-corrected chi connectivity index (χ4v) is 3.15. The summed E-state index contributed by atoms with van der Waals surface area (Å²) in [4.78, 5) is 28.4. The number of nitrogens with zero attached hydrogens (tertiary/aromatic N) is 2. The van der Waals surface area contributed by atoms with E-state index in [0.29, 0.717) is 18.1 Å². The lowest BCUT2D eigenvalue weighted by molar-refractivity contribution is -0.146. The molecule has 2 fully saturated rings. The molecular formula is C16H19ClN2O2. The van der Waals surface area contributed by atoms with Crippen LogP contribution in [-0.4, -0.2) is 35.8 Å². The minimum atomic E-state index is -0.397. The standard InChI is InChI=1S/C16H19ClN2O2/c1-11-15(20)19(14-7-3-6-13(17)10-14)9-8-18(11)16(21)12-4-2-5-12/h3,6-7,10-12H,2,4-5,8-9H2,1H3. The van der Waals surface area contributed by atoms with Crippen LogP contribution < -0.4 is 4.90 Å². The molecule has 2 amide bonds. The van der Waals surface area contributed by atoms with E-state index in [0.717, 1.165) is 24.9 Å². The molecule has 1 saturated heterocycles. The van der Waals surface area contributed by atoms with Crippen LogP contribution in [0.15, 0.2) is 24.3 Å². The Labute approximate surface area is 129 Å². The second-order valence-corrected chi connectivity index (χ2v) is 6.24. The summed E-state index contributed by atoms with van der Waals surface area (Å²) in [6, 6.07) is 6.89. The molecule has 1 aromatic rings. The number of amides is 2. The number of hydrogen-bond donors (Lipinski definition) is 0. The predicted octanol–water partition coefficient (Wildman–Crippen LogP) is 2.70. The minimum absolute atomic E-state index is 0.0313. The van der Waals surface area contributed by atoms with Gasteiger partial charge in [0.2, 0.25) is 11.8 Å². The predicted molar refractivity (Wildman–Crippen MR) is 82.3 cm³/mol. The van der Waals surface area contributed by atoms with Gasteiger partial charge in [-0.1, -0.05) is 24.1 Å². The summed E-state index contributed by atoms with van der Waals surface area (Å²) in [5.74, 6) is 0.252. The van der Waals surface area contributed by atoms with Crippen molar-refractivity contribution in [3.63, 3.8) is 0 Å². The van der Waals surface area contributed by atoms with Gasteiger partial charge in [0.25, 0.3) is 0 Å². The van der Waals surface area contributed by atoms with Crippen LogP contribution in [0.2, 0.25) is 5.02 Å². The second-order valence-electron chi connectivity index (χ2n) is 5.81. The normalized spacial score (nSPS) is 23.1. The Hall–Kier alpha value is -1.55. The van der Waals surface area contributed by atoms with Crippen LogP contribution in [0, 0.1) is 5.92 Å². The van der Waals surface area contributed by atoms with Gasteiger partial charge in [-0.2, -0.15) is 0 Å². The van der Waals surface area contributed by atoms with Gasteiger partial charge in [-0.25, -0.2) is 0 Å². The molecule has 2 aliphatic rings. The number of halogens is 1. The molecule has 1 atom stereocenters. The zero-order chi connectivity index (χ0) is 15.0. The molecule has 4 nitrogen and oxygen atoms in total. The smallest absolute Gasteiger partial charge is 0.249 e. The molecule has 5 heteroatoms. The van der Waals surface area contributed by atoms with E-state index in [1.165, 1.54) is 0 Å². The first kappa shape index (κ1) is 14.4. The van der Waals surface area contributed by atoms with Crippen molar-refractivity contribution in [3.05, 3.63) is 29.3 Å². The molecule has 112 valence electrons. The Morgan fingerprint density at radius 3 is 2.67 bits per heavy atom. The van der Waals surface area contributed by atoms with Crippen molar-refractivity contribution in [3.8, 4) is 0 Å². The van der Waals surface area contributed by atoms with Gasteiger partial charge < -0.3 is 9.80 Å².